The molecular formula is C13H20N2O4. The predicted octanol–water partition coefficient (Wildman–Crippen LogP) is 1.16. The number of carboxylic acid groups (broad SMARTS) is 1. The summed E-state index contributed by atoms with van der Waals surface area (Å²) in [7, 11) is 0. The molecule has 0 unspecified atom stereocenters. The number of nitrogens with one attached hydrogen (secondary N) is 1. The summed E-state index contributed by atoms with van der Waals surface area (Å²) in [6, 6.07) is 0. The predicted molar refractivity (Wildman–Crippen MR) is 71.4 cm³/mol. The van der Waals surface area contributed by atoms with Gasteiger partial charge in [-0.05, 0) is 17.8 Å². The highest BCUT2D eigenvalue weighted by atomic mass is 16.4. The van der Waals surface area contributed by atoms with Crippen LogP contribution in [-0.4, -0.2) is 20.6 Å². The molecule has 1 aromatic heterocycles. The first-order valence-corrected chi connectivity index (χ1v) is 6.31. The lowest BCUT2D eigenvalue weighted by Gasteiger charge is -2.25. The molecule has 0 saturated carbocycles. The van der Waals surface area contributed by atoms with Crippen molar-refractivity contribution in [1.29, 1.82) is 0 Å². The third-order valence-corrected chi connectivity index (χ3v) is 3.36. The average molecular weight is 268 g/mol. The number of hydrogen-bond donors (Lipinski definition) is 2. The van der Waals surface area contributed by atoms with Crippen molar-refractivity contribution in [2.45, 2.75) is 34.2 Å². The van der Waals surface area contributed by atoms with E-state index < -0.39 is 22.8 Å². The summed E-state index contributed by atoms with van der Waals surface area (Å²) in [5.74, 6) is -0.398. The minimum Gasteiger partial charge on any atom is -0.477 e. The Morgan fingerprint density at radius 3 is 2.21 bits per heavy atom. The van der Waals surface area contributed by atoms with Crippen LogP contribution in [0.1, 0.15) is 38.1 Å². The van der Waals surface area contributed by atoms with Gasteiger partial charge in [0.2, 0.25) is 0 Å². The molecule has 2 N–H and O–H groups in total. The van der Waals surface area contributed by atoms with Crippen molar-refractivity contribution in [3.63, 3.8) is 0 Å². The van der Waals surface area contributed by atoms with Gasteiger partial charge in [-0.25, -0.2) is 9.59 Å². The lowest BCUT2D eigenvalue weighted by Crippen LogP contribution is -2.36. The number of aromatic carboxylic acids is 1. The van der Waals surface area contributed by atoms with Gasteiger partial charge in [-0.15, -0.1) is 0 Å². The monoisotopic (exact) mass is 268 g/mol. The van der Waals surface area contributed by atoms with E-state index in [1.807, 2.05) is 4.98 Å². The van der Waals surface area contributed by atoms with Gasteiger partial charge in [0.05, 0.1) is 0 Å². The molecule has 0 aliphatic carbocycles. The summed E-state index contributed by atoms with van der Waals surface area (Å²) in [6.07, 6.45) is 1.13. The number of hydrogen-bond acceptors (Lipinski definition) is 3. The van der Waals surface area contributed by atoms with Gasteiger partial charge < -0.3 is 5.11 Å². The van der Waals surface area contributed by atoms with E-state index in [4.69, 9.17) is 5.11 Å². The van der Waals surface area contributed by atoms with E-state index in [-0.39, 0.29) is 5.92 Å². The first-order valence-electron chi connectivity index (χ1n) is 6.31. The fourth-order valence-electron chi connectivity index (χ4n) is 2.22. The Morgan fingerprint density at radius 2 is 1.79 bits per heavy atom. The number of aromatic nitrogens is 2. The standard InChI is InChI=1S/C13H20N2O4/c1-7(2)9(8(3)4)5-15-6-10(12(17)18)11(16)14-13(15)19/h6-9H,5H2,1-4H3,(H,17,18)(H,14,16,19). The van der Waals surface area contributed by atoms with Crippen molar-refractivity contribution in [3.8, 4) is 0 Å². The molecule has 1 heterocycles. The molecule has 0 amide bonds. The van der Waals surface area contributed by atoms with Crippen LogP contribution in [0.25, 0.3) is 0 Å². The molecule has 1 aromatic rings. The van der Waals surface area contributed by atoms with E-state index in [2.05, 4.69) is 27.7 Å². The zero-order valence-electron chi connectivity index (χ0n) is 11.6. The molecule has 0 spiro atoms. The van der Waals surface area contributed by atoms with E-state index in [0.717, 1.165) is 6.20 Å². The van der Waals surface area contributed by atoms with Crippen LogP contribution >= 0.6 is 0 Å². The lowest BCUT2D eigenvalue weighted by atomic mass is 9.85. The Bertz CT molecular complexity index is 561. The van der Waals surface area contributed by atoms with Gasteiger partial charge in [0.15, 0.2) is 0 Å². The largest absolute Gasteiger partial charge is 0.477 e. The second-order valence-corrected chi connectivity index (χ2v) is 5.41. The van der Waals surface area contributed by atoms with Gasteiger partial charge in [0.25, 0.3) is 5.56 Å². The maximum Gasteiger partial charge on any atom is 0.342 e. The minimum atomic E-state index is -1.33. The zero-order valence-corrected chi connectivity index (χ0v) is 11.6. The molecule has 6 nitrogen and oxygen atoms in total. The van der Waals surface area contributed by atoms with Crippen molar-refractivity contribution >= 4 is 5.97 Å². The first kappa shape index (κ1) is 15.2. The van der Waals surface area contributed by atoms with Crippen molar-refractivity contribution in [2.24, 2.45) is 17.8 Å². The third kappa shape index (κ3) is 3.56. The van der Waals surface area contributed by atoms with E-state index in [1.54, 1.807) is 0 Å². The fraction of sp³-hybridized carbons (Fsp3) is 0.615. The highest BCUT2D eigenvalue weighted by Crippen LogP contribution is 2.21. The molecule has 1 rings (SSSR count). The highest BCUT2D eigenvalue weighted by Gasteiger charge is 2.20. The van der Waals surface area contributed by atoms with Crippen LogP contribution in [0.4, 0.5) is 0 Å². The maximum absolute atomic E-state index is 11.7. The molecule has 19 heavy (non-hydrogen) atoms. The quantitative estimate of drug-likeness (QED) is 0.838. The number of H-pyrrole nitrogens is 1. The van der Waals surface area contributed by atoms with Crippen molar-refractivity contribution in [3.05, 3.63) is 32.6 Å². The molecule has 0 saturated heterocycles. The average Bonchev–Trinajstić information content (AvgIpc) is 2.26. The molecule has 0 fully saturated rings. The van der Waals surface area contributed by atoms with Crippen LogP contribution in [0.15, 0.2) is 15.8 Å². The SMILES string of the molecule is CC(C)C(Cn1cc(C(=O)O)c(=O)[nH]c1=O)C(C)C. The smallest absolute Gasteiger partial charge is 0.342 e. The summed E-state index contributed by atoms with van der Waals surface area (Å²) < 4.78 is 1.27. The highest BCUT2D eigenvalue weighted by molar-refractivity contribution is 5.86. The van der Waals surface area contributed by atoms with E-state index >= 15 is 0 Å². The van der Waals surface area contributed by atoms with Gasteiger partial charge in [0, 0.05) is 12.7 Å². The second kappa shape index (κ2) is 5.86. The summed E-state index contributed by atoms with van der Waals surface area (Å²) in [5.41, 5.74) is -1.84. The maximum atomic E-state index is 11.7. The van der Waals surface area contributed by atoms with Crippen LogP contribution in [0.5, 0.6) is 0 Å². The molecule has 6 heteroatoms. The van der Waals surface area contributed by atoms with Crippen LogP contribution in [0, 0.1) is 17.8 Å². The number of carboxylic acids is 1. The number of rotatable bonds is 5. The summed E-state index contributed by atoms with van der Waals surface area (Å²) >= 11 is 0. The topological polar surface area (TPSA) is 92.2 Å². The number of aromatic amines is 1. The van der Waals surface area contributed by atoms with Gasteiger partial charge in [-0.2, -0.15) is 0 Å². The van der Waals surface area contributed by atoms with Gasteiger partial charge in [-0.3, -0.25) is 14.3 Å². The molecule has 0 aliphatic heterocycles. The molecule has 106 valence electrons. The Hall–Kier alpha value is -1.85. The molecule has 0 radical (unpaired) electrons. The van der Waals surface area contributed by atoms with E-state index in [1.165, 1.54) is 4.57 Å². The van der Waals surface area contributed by atoms with Gasteiger partial charge in [0.1, 0.15) is 5.56 Å². The molecule has 0 aliphatic rings. The number of nitrogens with zero attached hydrogens (tertiary/aromatic N) is 1. The van der Waals surface area contributed by atoms with Crippen molar-refractivity contribution in [2.75, 3.05) is 0 Å². The van der Waals surface area contributed by atoms with Gasteiger partial charge >= 0.3 is 11.7 Å². The second-order valence-electron chi connectivity index (χ2n) is 5.41. The minimum absolute atomic E-state index is 0.227. The summed E-state index contributed by atoms with van der Waals surface area (Å²) in [6.45, 7) is 8.61. The first-order chi connectivity index (χ1) is 8.73. The normalized spacial score (nSPS) is 11.5. The van der Waals surface area contributed by atoms with Gasteiger partial charge in [-0.1, -0.05) is 27.7 Å². The molecule has 0 atom stereocenters. The Kier molecular flexibility index (Phi) is 4.69. The van der Waals surface area contributed by atoms with Crippen molar-refractivity contribution < 1.29 is 9.90 Å². The molecule has 0 bridgehead atoms. The zero-order chi connectivity index (χ0) is 14.7. The van der Waals surface area contributed by atoms with Crippen LogP contribution in [0.2, 0.25) is 0 Å². The Labute approximate surface area is 111 Å². The molecule has 0 aromatic carbocycles. The Balaban J connectivity index is 3.21. The lowest BCUT2D eigenvalue weighted by molar-refractivity contribution is 0.0693. The third-order valence-electron chi connectivity index (χ3n) is 3.36. The summed E-state index contributed by atoms with van der Waals surface area (Å²) in [4.78, 5) is 36.0. The van der Waals surface area contributed by atoms with Crippen LogP contribution in [0.3, 0.4) is 0 Å². The molecular weight excluding hydrogens is 248 g/mol. The van der Waals surface area contributed by atoms with Crippen molar-refractivity contribution in [1.82, 2.24) is 9.55 Å². The van der Waals surface area contributed by atoms with Crippen LogP contribution in [-0.2, 0) is 6.54 Å². The van der Waals surface area contributed by atoms with Crippen LogP contribution < -0.4 is 11.2 Å². The number of carbonyl (C=O) groups is 1. The van der Waals surface area contributed by atoms with E-state index in [0.29, 0.717) is 18.4 Å². The van der Waals surface area contributed by atoms with E-state index in [9.17, 15) is 14.4 Å². The Morgan fingerprint density at radius 1 is 1.26 bits per heavy atom. The summed E-state index contributed by atoms with van der Waals surface area (Å²) in [5, 5.41) is 8.90. The fourth-order valence-corrected chi connectivity index (χ4v) is 2.22.